The first-order valence-electron chi connectivity index (χ1n) is 10.6. The van der Waals surface area contributed by atoms with Crippen LogP contribution < -0.4 is 5.32 Å². The summed E-state index contributed by atoms with van der Waals surface area (Å²) in [7, 11) is 0. The van der Waals surface area contributed by atoms with Gasteiger partial charge in [0.2, 0.25) is 0 Å². The van der Waals surface area contributed by atoms with Crippen LogP contribution in [0.4, 0.5) is 23.2 Å². The fourth-order valence-electron chi connectivity index (χ4n) is 4.02. The van der Waals surface area contributed by atoms with Crippen molar-refractivity contribution in [3.8, 4) is 22.5 Å². The Morgan fingerprint density at radius 3 is 2.29 bits per heavy atom. The number of benzene rings is 3. The first-order chi connectivity index (χ1) is 16.5. The highest BCUT2D eigenvalue weighted by molar-refractivity contribution is 6.04. The zero-order chi connectivity index (χ0) is 25.5. The molecular weight excluding hydrogens is 462 g/mol. The molecule has 2 N–H and O–H groups in total. The van der Waals surface area contributed by atoms with Gasteiger partial charge in [-0.1, -0.05) is 24.3 Å². The molecule has 0 aliphatic carbocycles. The molecule has 0 fully saturated rings. The normalized spacial score (nSPS) is 11.5. The Hall–Kier alpha value is -4.14. The van der Waals surface area contributed by atoms with Crippen LogP contribution in [0.3, 0.4) is 0 Å². The summed E-state index contributed by atoms with van der Waals surface area (Å²) >= 11 is 0. The number of nitrogens with one attached hydrogen (secondary N) is 1. The van der Waals surface area contributed by atoms with E-state index in [0.29, 0.717) is 21.4 Å². The predicted molar refractivity (Wildman–Crippen MR) is 124 cm³/mol. The van der Waals surface area contributed by atoms with Gasteiger partial charge < -0.3 is 10.5 Å². The van der Waals surface area contributed by atoms with Crippen molar-refractivity contribution in [2.24, 2.45) is 0 Å². The Morgan fingerprint density at radius 1 is 0.971 bits per heavy atom. The van der Waals surface area contributed by atoms with Crippen molar-refractivity contribution in [2.45, 2.75) is 26.9 Å². The average molecular weight is 483 g/mol. The van der Waals surface area contributed by atoms with Gasteiger partial charge in [-0.05, 0) is 73.9 Å². The van der Waals surface area contributed by atoms with E-state index in [1.807, 2.05) is 32.0 Å². The van der Waals surface area contributed by atoms with Crippen LogP contribution >= 0.6 is 0 Å². The lowest BCUT2D eigenvalue weighted by Gasteiger charge is -2.13. The summed E-state index contributed by atoms with van der Waals surface area (Å²) in [5, 5.41) is 13.1. The van der Waals surface area contributed by atoms with Gasteiger partial charge in [0.25, 0.3) is 5.91 Å². The molecule has 0 saturated carbocycles. The van der Waals surface area contributed by atoms with Gasteiger partial charge in [-0.3, -0.25) is 4.79 Å². The van der Waals surface area contributed by atoms with E-state index in [4.69, 9.17) is 0 Å². The van der Waals surface area contributed by atoms with Gasteiger partial charge in [-0.2, -0.15) is 17.9 Å². The Balaban J connectivity index is 1.71. The number of nitrogens with zero attached hydrogens (tertiary/aromatic N) is 2. The highest BCUT2D eigenvalue weighted by Crippen LogP contribution is 2.34. The molecule has 180 valence electrons. The van der Waals surface area contributed by atoms with Gasteiger partial charge in [0.05, 0.1) is 11.3 Å². The van der Waals surface area contributed by atoms with Crippen LogP contribution in [0.5, 0.6) is 0 Å². The molecule has 4 rings (SSSR count). The molecule has 0 atom stereocenters. The molecule has 1 heterocycles. The van der Waals surface area contributed by atoms with Crippen molar-refractivity contribution in [3.63, 3.8) is 0 Å². The average Bonchev–Trinajstić information content (AvgIpc) is 3.08. The number of carbonyl (C=O) groups is 1. The van der Waals surface area contributed by atoms with E-state index in [1.165, 1.54) is 37.3 Å². The number of rotatable bonds is 4. The highest BCUT2D eigenvalue weighted by atomic mass is 19.4. The minimum absolute atomic E-state index is 0.0100. The number of carbonyl (C=O) groups excluding carboxylic acids is 1. The third kappa shape index (κ3) is 4.62. The van der Waals surface area contributed by atoms with Gasteiger partial charge in [0, 0.05) is 16.8 Å². The van der Waals surface area contributed by atoms with Crippen molar-refractivity contribution < 1.29 is 27.6 Å². The third-order valence-corrected chi connectivity index (χ3v) is 5.67. The molecule has 0 radical (unpaired) electrons. The summed E-state index contributed by atoms with van der Waals surface area (Å²) in [5.74, 6) is -1.31. The topological polar surface area (TPSA) is 67.2 Å². The number of halogens is 4. The maximum atomic E-state index is 14.8. The van der Waals surface area contributed by atoms with Gasteiger partial charge in [-0.25, -0.2) is 9.37 Å². The lowest BCUT2D eigenvalue weighted by atomic mass is 9.94. The Morgan fingerprint density at radius 2 is 1.63 bits per heavy atom. The van der Waals surface area contributed by atoms with E-state index in [2.05, 4.69) is 10.3 Å². The van der Waals surface area contributed by atoms with Crippen molar-refractivity contribution in [1.82, 2.24) is 9.71 Å². The monoisotopic (exact) mass is 483 g/mol. The third-order valence-electron chi connectivity index (χ3n) is 5.67. The zero-order valence-electron chi connectivity index (χ0n) is 19.0. The van der Waals surface area contributed by atoms with Gasteiger partial charge in [0.15, 0.2) is 11.5 Å². The smallest absolute Gasteiger partial charge is 0.416 e. The number of aromatic nitrogens is 2. The number of aryl methyl sites for hydroxylation is 3. The summed E-state index contributed by atoms with van der Waals surface area (Å²) in [6.07, 6.45) is -4.57. The quantitative estimate of drug-likeness (QED) is 0.248. The first kappa shape index (κ1) is 24.0. The lowest BCUT2D eigenvalue weighted by Crippen LogP contribution is -2.18. The van der Waals surface area contributed by atoms with Crippen LogP contribution in [0.1, 0.15) is 32.9 Å². The maximum Gasteiger partial charge on any atom is 0.416 e. The van der Waals surface area contributed by atoms with E-state index in [9.17, 15) is 27.6 Å². The summed E-state index contributed by atoms with van der Waals surface area (Å²) in [6.45, 7) is 5.21. The van der Waals surface area contributed by atoms with Crippen LogP contribution in [0, 0.1) is 26.6 Å². The number of hydrogen-bond donors (Lipinski definition) is 2. The van der Waals surface area contributed by atoms with Crippen molar-refractivity contribution in [3.05, 3.63) is 94.6 Å². The number of anilines is 1. The molecule has 1 aromatic heterocycles. The van der Waals surface area contributed by atoms with Crippen LogP contribution in [0.15, 0.2) is 60.7 Å². The van der Waals surface area contributed by atoms with Crippen LogP contribution in [-0.4, -0.2) is 20.8 Å². The van der Waals surface area contributed by atoms with Crippen molar-refractivity contribution in [1.29, 1.82) is 0 Å². The molecule has 9 heteroatoms. The number of hydrogen-bond acceptors (Lipinski definition) is 3. The van der Waals surface area contributed by atoms with E-state index < -0.39 is 23.5 Å². The van der Waals surface area contributed by atoms with E-state index in [1.54, 1.807) is 0 Å². The summed E-state index contributed by atoms with van der Waals surface area (Å²) in [4.78, 5) is 17.1. The van der Waals surface area contributed by atoms with E-state index in [-0.39, 0.29) is 22.9 Å². The highest BCUT2D eigenvalue weighted by Gasteiger charge is 2.31. The molecule has 0 spiro atoms. The molecule has 3 aromatic carbocycles. The van der Waals surface area contributed by atoms with Gasteiger partial charge in [-0.15, -0.1) is 0 Å². The standard InChI is InChI=1S/C26H21F4N3O2/c1-14-6-4-7-15(2)22(14)20-12-17(10-11-21(20)27)24-31-16(3)23(33(24)35)25(34)32-19-9-5-8-18(13-19)26(28,29)30/h4-13,35H,1-3H3,(H,32,34). The minimum atomic E-state index is -4.57. The summed E-state index contributed by atoms with van der Waals surface area (Å²) in [5.41, 5.74) is 1.99. The summed E-state index contributed by atoms with van der Waals surface area (Å²) in [6, 6.07) is 14.0. The van der Waals surface area contributed by atoms with Crippen molar-refractivity contribution in [2.75, 3.05) is 5.32 Å². The second kappa shape index (κ2) is 8.90. The minimum Gasteiger partial charge on any atom is -0.426 e. The van der Waals surface area contributed by atoms with E-state index >= 15 is 0 Å². The fourth-order valence-corrected chi connectivity index (χ4v) is 4.02. The molecular formula is C26H21F4N3O2. The van der Waals surface area contributed by atoms with Crippen molar-refractivity contribution >= 4 is 11.6 Å². The second-order valence-electron chi connectivity index (χ2n) is 8.18. The molecule has 35 heavy (non-hydrogen) atoms. The van der Waals surface area contributed by atoms with Crippen LogP contribution in [-0.2, 0) is 6.18 Å². The molecule has 0 unspecified atom stereocenters. The molecule has 1 amide bonds. The maximum absolute atomic E-state index is 14.8. The predicted octanol–water partition coefficient (Wildman–Crippen LogP) is 6.79. The second-order valence-corrected chi connectivity index (χ2v) is 8.18. The summed E-state index contributed by atoms with van der Waals surface area (Å²) < 4.78 is 54.3. The molecule has 0 bridgehead atoms. The SMILES string of the molecule is Cc1cccc(C)c1-c1cc(-c2nc(C)c(C(=O)Nc3cccc(C(F)(F)F)c3)n2O)ccc1F. The fraction of sp³-hybridized carbons (Fsp3) is 0.154. The van der Waals surface area contributed by atoms with Gasteiger partial charge in [0.1, 0.15) is 5.82 Å². The number of amides is 1. The first-order valence-corrected chi connectivity index (χ1v) is 10.6. The van der Waals surface area contributed by atoms with Gasteiger partial charge >= 0.3 is 6.18 Å². The Labute approximate surface area is 198 Å². The zero-order valence-corrected chi connectivity index (χ0v) is 19.0. The molecule has 0 aliphatic rings. The molecule has 4 aromatic rings. The Bertz CT molecular complexity index is 1420. The van der Waals surface area contributed by atoms with Crippen LogP contribution in [0.2, 0.25) is 0 Å². The largest absolute Gasteiger partial charge is 0.426 e. The van der Waals surface area contributed by atoms with E-state index in [0.717, 1.165) is 23.3 Å². The number of imidazole rings is 1. The molecule has 0 aliphatic heterocycles. The number of alkyl halides is 3. The molecule has 0 saturated heterocycles. The van der Waals surface area contributed by atoms with Crippen LogP contribution in [0.25, 0.3) is 22.5 Å². The Kier molecular flexibility index (Phi) is 6.10. The molecule has 5 nitrogen and oxygen atoms in total. The lowest BCUT2D eigenvalue weighted by molar-refractivity contribution is -0.137.